The molecule has 0 atom stereocenters. The Kier molecular flexibility index (Phi) is 12.3. The number of ketones is 1. The molecule has 0 aliphatic heterocycles. The molecule has 2 rings (SSSR count). The Hall–Kier alpha value is -1.97. The minimum absolute atomic E-state index is 0. The number of benzene rings is 2. The van der Waals surface area contributed by atoms with Crippen molar-refractivity contribution in [1.29, 1.82) is 0 Å². The first-order valence-corrected chi connectivity index (χ1v) is 10.4. The number of esters is 1. The summed E-state index contributed by atoms with van der Waals surface area (Å²) in [5.41, 5.74) is 0.955. The van der Waals surface area contributed by atoms with Crippen LogP contribution in [0.2, 0.25) is 16.2 Å². The number of carbonyl (C=O) groups is 2. The molecule has 0 saturated heterocycles. The average molecular weight is 403 g/mol. The van der Waals surface area contributed by atoms with Gasteiger partial charge in [-0.05, 0) is 12.1 Å². The van der Waals surface area contributed by atoms with Gasteiger partial charge in [0, 0.05) is 12.5 Å². The van der Waals surface area contributed by atoms with Gasteiger partial charge in [0.1, 0.15) is 5.75 Å². The number of rotatable bonds is 6. The van der Waals surface area contributed by atoms with Crippen molar-refractivity contribution in [2.75, 3.05) is 0 Å². The Morgan fingerprint density at radius 1 is 0.846 bits per heavy atom. The minimum atomic E-state index is -0.441. The fourth-order valence-corrected chi connectivity index (χ4v) is 3.60. The maximum absolute atomic E-state index is 12.3. The molecule has 0 aliphatic carbocycles. The van der Waals surface area contributed by atoms with Crippen LogP contribution in [0.1, 0.15) is 43.6 Å². The standard InChI is InChI=1S/C15H12O3.3C2H5.H3N.Ni/c1-11(16)18-14-10-6-5-9-13(14)15(17)12-7-3-2-4-8-12;3*1-2;;/h2-10H,1H3;3*1H2,2H3;1H3;. The fraction of sp³-hybridized carbons (Fsp3) is 0.333. The van der Waals surface area contributed by atoms with Gasteiger partial charge in [-0.2, -0.15) is 0 Å². The number of hydrogen-bond acceptors (Lipinski definition) is 4. The molecule has 0 aromatic heterocycles. The third-order valence-corrected chi connectivity index (χ3v) is 6.33. The summed E-state index contributed by atoms with van der Waals surface area (Å²) in [6.45, 7) is 8.15. The Bertz CT molecular complexity index is 664. The first kappa shape index (κ1) is 24.0. The molecule has 5 heteroatoms. The van der Waals surface area contributed by atoms with E-state index in [9.17, 15) is 9.59 Å². The van der Waals surface area contributed by atoms with Crippen molar-refractivity contribution in [3.63, 3.8) is 0 Å². The van der Waals surface area contributed by atoms with Crippen molar-refractivity contribution in [2.24, 2.45) is 0 Å². The zero-order chi connectivity index (χ0) is 18.7. The van der Waals surface area contributed by atoms with Gasteiger partial charge in [-0.25, -0.2) is 0 Å². The normalized spacial score (nSPS) is 9.92. The Labute approximate surface area is 161 Å². The van der Waals surface area contributed by atoms with Gasteiger partial charge in [-0.3, -0.25) is 9.59 Å². The largest absolute Gasteiger partial charge is 0.344 e. The smallest absolute Gasteiger partial charge is 0.344 e. The van der Waals surface area contributed by atoms with Crippen molar-refractivity contribution < 1.29 is 27.7 Å². The molecule has 0 unspecified atom stereocenters. The van der Waals surface area contributed by atoms with E-state index >= 15 is 0 Å². The summed E-state index contributed by atoms with van der Waals surface area (Å²) in [5.74, 6) is -0.311. The van der Waals surface area contributed by atoms with E-state index < -0.39 is 5.97 Å². The number of carbonyl (C=O) groups excluding carboxylic acids is 2. The van der Waals surface area contributed by atoms with Gasteiger partial charge in [0.2, 0.25) is 0 Å². The van der Waals surface area contributed by atoms with E-state index in [1.54, 1.807) is 48.5 Å². The molecule has 0 heterocycles. The van der Waals surface area contributed by atoms with Crippen molar-refractivity contribution >= 4 is 11.8 Å². The zero-order valence-corrected chi connectivity index (χ0v) is 17.1. The summed E-state index contributed by atoms with van der Waals surface area (Å²) >= 11 is 0.639. The van der Waals surface area contributed by atoms with Crippen LogP contribution in [0.4, 0.5) is 0 Å². The summed E-state index contributed by atoms with van der Waals surface area (Å²) in [5, 5.41) is 4.19. The predicted molar refractivity (Wildman–Crippen MR) is 104 cm³/mol. The minimum Gasteiger partial charge on any atom is -0.344 e. The van der Waals surface area contributed by atoms with Crippen LogP contribution in [0.5, 0.6) is 5.75 Å². The van der Waals surface area contributed by atoms with Crippen LogP contribution in [-0.2, 0) is 18.2 Å². The van der Waals surface area contributed by atoms with Gasteiger partial charge in [0.05, 0.1) is 5.56 Å². The van der Waals surface area contributed by atoms with Gasteiger partial charge in [-0.15, -0.1) is 0 Å². The third-order valence-electron chi connectivity index (χ3n) is 3.37. The van der Waals surface area contributed by atoms with E-state index in [1.165, 1.54) is 23.1 Å². The molecule has 0 bridgehead atoms. The average Bonchev–Trinajstić information content (AvgIpc) is 2.64. The third kappa shape index (κ3) is 7.94. The van der Waals surface area contributed by atoms with Gasteiger partial charge in [-0.1, -0.05) is 42.5 Å². The second-order valence-corrected chi connectivity index (χ2v) is 8.51. The van der Waals surface area contributed by atoms with Crippen LogP contribution in [0.15, 0.2) is 54.6 Å². The monoisotopic (exact) mass is 402 g/mol. The molecule has 26 heavy (non-hydrogen) atoms. The van der Waals surface area contributed by atoms with E-state index in [2.05, 4.69) is 20.8 Å². The Morgan fingerprint density at radius 3 is 1.81 bits per heavy atom. The van der Waals surface area contributed by atoms with E-state index in [1.807, 2.05) is 6.07 Å². The van der Waals surface area contributed by atoms with E-state index in [0.29, 0.717) is 30.3 Å². The molecular formula is C21H30NNiO3. The molecule has 3 N–H and O–H groups in total. The number of hydrogen-bond donors (Lipinski definition) is 1. The molecule has 0 amide bonds. The molecule has 2 aromatic rings. The van der Waals surface area contributed by atoms with E-state index in [4.69, 9.17) is 4.74 Å². The number of ether oxygens (including phenoxy) is 1. The Morgan fingerprint density at radius 2 is 1.35 bits per heavy atom. The van der Waals surface area contributed by atoms with Gasteiger partial charge in [0.15, 0.2) is 5.78 Å². The van der Waals surface area contributed by atoms with Gasteiger partial charge >= 0.3 is 56.3 Å². The Balaban J connectivity index is 0.000000673. The summed E-state index contributed by atoms with van der Waals surface area (Å²) in [4.78, 5) is 23.2. The van der Waals surface area contributed by atoms with E-state index in [0.717, 1.165) is 0 Å². The second kappa shape index (κ2) is 13.3. The van der Waals surface area contributed by atoms with Crippen LogP contribution in [0.3, 0.4) is 0 Å². The second-order valence-electron chi connectivity index (χ2n) is 4.93. The molecule has 0 saturated carbocycles. The molecule has 0 radical (unpaired) electrons. The summed E-state index contributed by atoms with van der Waals surface area (Å²) in [6.07, 6.45) is 0. The van der Waals surface area contributed by atoms with Crippen LogP contribution in [-0.4, -0.2) is 11.8 Å². The van der Waals surface area contributed by atoms with Crippen LogP contribution < -0.4 is 10.9 Å². The van der Waals surface area contributed by atoms with Crippen molar-refractivity contribution in [1.82, 2.24) is 6.15 Å². The van der Waals surface area contributed by atoms with Crippen molar-refractivity contribution in [3.8, 4) is 5.75 Å². The van der Waals surface area contributed by atoms with Gasteiger partial charge in [0.25, 0.3) is 0 Å². The van der Waals surface area contributed by atoms with Crippen molar-refractivity contribution in [3.05, 3.63) is 65.7 Å². The number of para-hydroxylation sites is 1. The van der Waals surface area contributed by atoms with Crippen LogP contribution in [0, 0.1) is 0 Å². The van der Waals surface area contributed by atoms with Gasteiger partial charge < -0.3 is 10.9 Å². The molecule has 0 aliphatic rings. The summed E-state index contributed by atoms with van der Waals surface area (Å²) < 4.78 is 5.03. The quantitative estimate of drug-likeness (QED) is 0.281. The zero-order valence-electron chi connectivity index (χ0n) is 16.1. The molecule has 0 spiro atoms. The predicted octanol–water partition coefficient (Wildman–Crippen LogP) is 5.92. The fourth-order valence-electron chi connectivity index (χ4n) is 2.12. The first-order chi connectivity index (χ1) is 12.0. The molecular weight excluding hydrogens is 373 g/mol. The molecule has 4 nitrogen and oxygen atoms in total. The first-order valence-electron chi connectivity index (χ1n) is 8.35. The summed E-state index contributed by atoms with van der Waals surface area (Å²) in [6, 6.07) is 15.6. The van der Waals surface area contributed by atoms with E-state index in [-0.39, 0.29) is 11.9 Å². The molecule has 2 aromatic carbocycles. The van der Waals surface area contributed by atoms with Crippen LogP contribution in [0.25, 0.3) is 0 Å². The molecule has 0 fully saturated rings. The molecule has 147 valence electrons. The topological polar surface area (TPSA) is 78.4 Å². The SMILES string of the molecule is CC(=O)Oc1ccccc1C(=O)c1ccccc1.C[CH2][Ni]([CH2]C)[CH2]C.N. The van der Waals surface area contributed by atoms with Crippen LogP contribution >= 0.6 is 0 Å². The maximum atomic E-state index is 12.3. The maximum Gasteiger partial charge on any atom is -0.344 e. The van der Waals surface area contributed by atoms with Crippen molar-refractivity contribution in [2.45, 2.75) is 43.9 Å². The summed E-state index contributed by atoms with van der Waals surface area (Å²) in [7, 11) is 0.